The molecule has 0 spiro atoms. The number of hydrogen-bond acceptors (Lipinski definition) is 7. The van der Waals surface area contributed by atoms with Crippen molar-refractivity contribution in [3.8, 4) is 5.75 Å². The van der Waals surface area contributed by atoms with Gasteiger partial charge in [-0.1, -0.05) is 17.7 Å². The third-order valence-corrected chi connectivity index (χ3v) is 7.74. The zero-order valence-corrected chi connectivity index (χ0v) is 22.5. The summed E-state index contributed by atoms with van der Waals surface area (Å²) in [4.78, 5) is 26.6. The molecule has 39 heavy (non-hydrogen) atoms. The van der Waals surface area contributed by atoms with Gasteiger partial charge >= 0.3 is 0 Å². The molecular weight excluding hydrogens is 519 g/mol. The van der Waals surface area contributed by atoms with E-state index >= 15 is 0 Å². The summed E-state index contributed by atoms with van der Waals surface area (Å²) in [6, 6.07) is 8.82. The largest absolute Gasteiger partial charge is 0.491 e. The van der Waals surface area contributed by atoms with Crippen molar-refractivity contribution >= 4 is 45.6 Å². The van der Waals surface area contributed by atoms with Crippen LogP contribution in [0, 0.1) is 11.7 Å². The Bertz CT molecular complexity index is 1390. The number of anilines is 3. The van der Waals surface area contributed by atoms with Crippen molar-refractivity contribution in [3.63, 3.8) is 0 Å². The third-order valence-electron chi connectivity index (χ3n) is 7.45. The molecule has 2 saturated carbocycles. The van der Waals surface area contributed by atoms with Crippen LogP contribution >= 0.6 is 11.6 Å². The topological polar surface area (TPSA) is 82.6 Å². The van der Waals surface area contributed by atoms with Gasteiger partial charge in [0.2, 0.25) is 5.91 Å². The molecule has 1 aromatic heterocycles. The molecule has 2 heterocycles. The number of halogens is 2. The second-order valence-electron chi connectivity index (χ2n) is 10.6. The van der Waals surface area contributed by atoms with E-state index in [1.165, 1.54) is 31.3 Å². The van der Waals surface area contributed by atoms with E-state index < -0.39 is 5.82 Å². The van der Waals surface area contributed by atoms with Crippen LogP contribution in [0.3, 0.4) is 0 Å². The molecule has 3 fully saturated rings. The second kappa shape index (κ2) is 11.5. The molecule has 1 saturated heterocycles. The third kappa shape index (κ3) is 6.66. The van der Waals surface area contributed by atoms with Gasteiger partial charge in [-0.05, 0) is 55.9 Å². The van der Waals surface area contributed by atoms with Crippen LogP contribution in [0.15, 0.2) is 48.8 Å². The summed E-state index contributed by atoms with van der Waals surface area (Å²) in [5.41, 5.74) is 1.79. The number of aromatic nitrogens is 2. The van der Waals surface area contributed by atoms with Gasteiger partial charge < -0.3 is 15.4 Å². The van der Waals surface area contributed by atoms with E-state index in [4.69, 9.17) is 16.3 Å². The summed E-state index contributed by atoms with van der Waals surface area (Å²) >= 11 is 5.96. The van der Waals surface area contributed by atoms with Crippen LogP contribution < -0.4 is 15.4 Å². The Kier molecular flexibility index (Phi) is 7.63. The maximum absolute atomic E-state index is 13.6. The lowest BCUT2D eigenvalue weighted by molar-refractivity contribution is -0.111. The number of hydrogen-bond donors (Lipinski definition) is 2. The molecule has 3 aromatic rings. The molecule has 0 bridgehead atoms. The highest BCUT2D eigenvalue weighted by Crippen LogP contribution is 2.36. The van der Waals surface area contributed by atoms with Crippen molar-refractivity contribution in [2.45, 2.75) is 31.7 Å². The summed E-state index contributed by atoms with van der Waals surface area (Å²) in [6.07, 6.45) is 9.95. The first-order valence-electron chi connectivity index (χ1n) is 13.6. The quantitative estimate of drug-likeness (QED) is 0.334. The smallest absolute Gasteiger partial charge is 0.248 e. The SMILES string of the molecule is O=C(C=CCN1CCN(C2CC2)CC1)Nc1cc2c(Nc3ccc(F)c(Cl)c3)ncnc2cc1OCC1CC1. The fourth-order valence-electron chi connectivity index (χ4n) is 4.84. The van der Waals surface area contributed by atoms with Gasteiger partial charge in [0.05, 0.1) is 22.8 Å². The van der Waals surface area contributed by atoms with E-state index in [1.54, 1.807) is 12.1 Å². The van der Waals surface area contributed by atoms with E-state index in [0.29, 0.717) is 46.4 Å². The van der Waals surface area contributed by atoms with Crippen LogP contribution in [0.2, 0.25) is 5.02 Å². The van der Waals surface area contributed by atoms with Crippen LogP contribution in [-0.2, 0) is 4.79 Å². The molecule has 6 rings (SSSR count). The van der Waals surface area contributed by atoms with Gasteiger partial charge in [0.25, 0.3) is 0 Å². The molecule has 1 aliphatic heterocycles. The number of nitrogens with one attached hydrogen (secondary N) is 2. The highest BCUT2D eigenvalue weighted by molar-refractivity contribution is 6.31. The van der Waals surface area contributed by atoms with E-state index in [-0.39, 0.29) is 10.9 Å². The minimum absolute atomic E-state index is 0.0126. The van der Waals surface area contributed by atoms with E-state index in [9.17, 15) is 9.18 Å². The van der Waals surface area contributed by atoms with Gasteiger partial charge in [-0.25, -0.2) is 14.4 Å². The average molecular weight is 551 g/mol. The second-order valence-corrected chi connectivity index (χ2v) is 11.0. The molecule has 0 atom stereocenters. The summed E-state index contributed by atoms with van der Waals surface area (Å²) in [6.45, 7) is 5.61. The first-order chi connectivity index (χ1) is 19.0. The number of amides is 1. The predicted molar refractivity (Wildman–Crippen MR) is 151 cm³/mol. The minimum Gasteiger partial charge on any atom is -0.491 e. The van der Waals surface area contributed by atoms with Gasteiger partial charge in [0.15, 0.2) is 0 Å². The van der Waals surface area contributed by atoms with Gasteiger partial charge in [-0.3, -0.25) is 14.6 Å². The molecule has 8 nitrogen and oxygen atoms in total. The Labute approximate surface area is 232 Å². The van der Waals surface area contributed by atoms with Crippen LogP contribution in [-0.4, -0.2) is 71.0 Å². The summed E-state index contributed by atoms with van der Waals surface area (Å²) in [5.74, 6) is 0.912. The Balaban J connectivity index is 1.17. The highest BCUT2D eigenvalue weighted by atomic mass is 35.5. The van der Waals surface area contributed by atoms with Crippen molar-refractivity contribution in [1.82, 2.24) is 19.8 Å². The summed E-state index contributed by atoms with van der Waals surface area (Å²) < 4.78 is 19.7. The van der Waals surface area contributed by atoms with E-state index in [0.717, 1.165) is 51.6 Å². The lowest BCUT2D eigenvalue weighted by atomic mass is 10.1. The van der Waals surface area contributed by atoms with Crippen LogP contribution in [0.5, 0.6) is 5.75 Å². The number of benzene rings is 2. The maximum Gasteiger partial charge on any atom is 0.248 e. The molecule has 3 aliphatic rings. The minimum atomic E-state index is -0.495. The van der Waals surface area contributed by atoms with Crippen molar-refractivity contribution in [2.75, 3.05) is 50.0 Å². The average Bonchev–Trinajstić information content (AvgIpc) is 3.85. The zero-order chi connectivity index (χ0) is 26.8. The van der Waals surface area contributed by atoms with Gasteiger partial charge in [0.1, 0.15) is 23.7 Å². The summed E-state index contributed by atoms with van der Waals surface area (Å²) in [7, 11) is 0. The number of piperazine rings is 1. The molecular formula is C29H32ClFN6O2. The number of carbonyl (C=O) groups is 1. The van der Waals surface area contributed by atoms with Gasteiger partial charge in [0, 0.05) is 62.0 Å². The number of nitrogens with zero attached hydrogens (tertiary/aromatic N) is 4. The van der Waals surface area contributed by atoms with Crippen LogP contribution in [0.1, 0.15) is 25.7 Å². The lowest BCUT2D eigenvalue weighted by Crippen LogP contribution is -2.47. The Hall–Kier alpha value is -3.27. The fraction of sp³-hybridized carbons (Fsp3) is 0.414. The van der Waals surface area contributed by atoms with E-state index in [2.05, 4.69) is 30.4 Å². The number of rotatable bonds is 10. The molecule has 0 radical (unpaired) electrons. The summed E-state index contributed by atoms with van der Waals surface area (Å²) in [5, 5.41) is 6.87. The first-order valence-corrected chi connectivity index (χ1v) is 14.0. The van der Waals surface area contributed by atoms with E-state index in [1.807, 2.05) is 18.2 Å². The van der Waals surface area contributed by atoms with Crippen molar-refractivity contribution in [3.05, 3.63) is 59.7 Å². The predicted octanol–water partition coefficient (Wildman–Crippen LogP) is 5.23. The van der Waals surface area contributed by atoms with Crippen LogP contribution in [0.25, 0.3) is 10.9 Å². The van der Waals surface area contributed by atoms with Gasteiger partial charge in [-0.2, -0.15) is 0 Å². The van der Waals surface area contributed by atoms with Crippen molar-refractivity contribution < 1.29 is 13.9 Å². The number of fused-ring (bicyclic) bond motifs is 1. The molecule has 10 heteroatoms. The molecule has 2 N–H and O–H groups in total. The monoisotopic (exact) mass is 550 g/mol. The van der Waals surface area contributed by atoms with Crippen molar-refractivity contribution in [1.29, 1.82) is 0 Å². The fourth-order valence-corrected chi connectivity index (χ4v) is 5.02. The molecule has 2 aliphatic carbocycles. The normalized spacial score (nSPS) is 18.5. The Morgan fingerprint density at radius 1 is 1.10 bits per heavy atom. The maximum atomic E-state index is 13.6. The zero-order valence-electron chi connectivity index (χ0n) is 21.7. The Morgan fingerprint density at radius 3 is 2.67 bits per heavy atom. The lowest BCUT2D eigenvalue weighted by Gasteiger charge is -2.34. The highest BCUT2D eigenvalue weighted by Gasteiger charge is 2.30. The molecule has 1 amide bonds. The molecule has 0 unspecified atom stereocenters. The first kappa shape index (κ1) is 26.0. The standard InChI is InChI=1S/C29H32ClFN6O2/c30-23-14-20(5-8-24(23)31)34-29-22-15-26(27(39-17-19-3-4-19)16-25(22)32-18-33-29)35-28(38)2-1-9-36-10-12-37(13-11-36)21-6-7-21/h1-2,5,8,14-16,18-19,21H,3-4,6-7,9-13,17H2,(H,35,38)(H,32,33,34). The number of ether oxygens (including phenoxy) is 1. The molecule has 204 valence electrons. The number of carbonyl (C=O) groups excluding carboxylic acids is 1. The molecule has 2 aromatic carbocycles. The van der Waals surface area contributed by atoms with Crippen molar-refractivity contribution in [2.24, 2.45) is 5.92 Å². The van der Waals surface area contributed by atoms with Crippen LogP contribution in [0.4, 0.5) is 21.6 Å². The van der Waals surface area contributed by atoms with Gasteiger partial charge in [-0.15, -0.1) is 0 Å². The Morgan fingerprint density at radius 2 is 1.92 bits per heavy atom.